The number of anilines is 1. The van der Waals surface area contributed by atoms with E-state index in [4.69, 9.17) is 19.9 Å². The SMILES string of the molecule is COc1c(N)cc2c(c1C(=O)O)OCCCO2. The number of carbonyl (C=O) groups is 1. The molecule has 0 radical (unpaired) electrons. The van der Waals surface area contributed by atoms with E-state index in [-0.39, 0.29) is 22.7 Å². The second-order valence-electron chi connectivity index (χ2n) is 3.56. The summed E-state index contributed by atoms with van der Waals surface area (Å²) in [6, 6.07) is 1.52. The molecule has 0 bridgehead atoms. The van der Waals surface area contributed by atoms with E-state index in [2.05, 4.69) is 0 Å². The number of rotatable bonds is 2. The standard InChI is InChI=1S/C11H13NO5/c1-15-9-6(12)5-7-10(8(9)11(13)14)17-4-2-3-16-7/h5H,2-4,12H2,1H3,(H,13,14). The third-order valence-electron chi connectivity index (χ3n) is 2.44. The van der Waals surface area contributed by atoms with Crippen LogP contribution in [0.2, 0.25) is 0 Å². The van der Waals surface area contributed by atoms with Crippen molar-refractivity contribution in [3.05, 3.63) is 11.6 Å². The molecule has 3 N–H and O–H groups in total. The molecule has 2 rings (SSSR count). The minimum atomic E-state index is -1.16. The van der Waals surface area contributed by atoms with E-state index >= 15 is 0 Å². The zero-order valence-corrected chi connectivity index (χ0v) is 9.36. The summed E-state index contributed by atoms with van der Waals surface area (Å²) in [6.45, 7) is 0.873. The highest BCUT2D eigenvalue weighted by atomic mass is 16.5. The van der Waals surface area contributed by atoms with Gasteiger partial charge in [-0.15, -0.1) is 0 Å². The van der Waals surface area contributed by atoms with Crippen molar-refractivity contribution in [2.75, 3.05) is 26.1 Å². The van der Waals surface area contributed by atoms with E-state index in [1.165, 1.54) is 13.2 Å². The Balaban J connectivity index is 2.66. The number of nitrogen functional groups attached to an aromatic ring is 1. The molecule has 6 nitrogen and oxygen atoms in total. The molecule has 0 fully saturated rings. The van der Waals surface area contributed by atoms with Crippen molar-refractivity contribution in [3.8, 4) is 17.2 Å². The highest BCUT2D eigenvalue weighted by molar-refractivity contribution is 5.97. The van der Waals surface area contributed by atoms with Crippen molar-refractivity contribution in [1.29, 1.82) is 0 Å². The van der Waals surface area contributed by atoms with Gasteiger partial charge in [0.1, 0.15) is 5.56 Å². The van der Waals surface area contributed by atoms with Gasteiger partial charge in [-0.2, -0.15) is 0 Å². The lowest BCUT2D eigenvalue weighted by Crippen LogP contribution is -2.08. The van der Waals surface area contributed by atoms with Crippen molar-refractivity contribution in [1.82, 2.24) is 0 Å². The lowest BCUT2D eigenvalue weighted by molar-refractivity contribution is 0.0688. The fourth-order valence-electron chi connectivity index (χ4n) is 1.72. The van der Waals surface area contributed by atoms with Gasteiger partial charge in [0.05, 0.1) is 26.0 Å². The third-order valence-corrected chi connectivity index (χ3v) is 2.44. The number of carboxylic acids is 1. The van der Waals surface area contributed by atoms with Gasteiger partial charge in [-0.25, -0.2) is 4.79 Å². The highest BCUT2D eigenvalue weighted by Gasteiger charge is 2.26. The van der Waals surface area contributed by atoms with Crippen molar-refractivity contribution >= 4 is 11.7 Å². The van der Waals surface area contributed by atoms with Crippen molar-refractivity contribution in [2.24, 2.45) is 0 Å². The fraction of sp³-hybridized carbons (Fsp3) is 0.364. The summed E-state index contributed by atoms with van der Waals surface area (Å²) in [7, 11) is 1.36. The van der Waals surface area contributed by atoms with Crippen LogP contribution in [0, 0.1) is 0 Å². The molecule has 1 aliphatic rings. The number of methoxy groups -OCH3 is 1. The molecule has 1 aromatic carbocycles. The largest absolute Gasteiger partial charge is 0.494 e. The average molecular weight is 239 g/mol. The first kappa shape index (κ1) is 11.4. The molecule has 0 aromatic heterocycles. The van der Waals surface area contributed by atoms with Gasteiger partial charge >= 0.3 is 5.97 Å². The summed E-state index contributed by atoms with van der Waals surface area (Å²) in [5.74, 6) is -0.531. The van der Waals surface area contributed by atoms with Gasteiger partial charge in [-0.1, -0.05) is 0 Å². The Kier molecular flexibility index (Phi) is 2.95. The molecule has 0 amide bonds. The molecular formula is C11H13NO5. The van der Waals surface area contributed by atoms with Gasteiger partial charge in [0.25, 0.3) is 0 Å². The van der Waals surface area contributed by atoms with E-state index in [0.717, 1.165) is 0 Å². The molecule has 0 unspecified atom stereocenters. The predicted octanol–water partition coefficient (Wildman–Crippen LogP) is 1.14. The van der Waals surface area contributed by atoms with Gasteiger partial charge in [0.15, 0.2) is 17.2 Å². The maximum Gasteiger partial charge on any atom is 0.343 e. The Bertz CT molecular complexity index is 458. The van der Waals surface area contributed by atoms with E-state index in [9.17, 15) is 9.90 Å². The van der Waals surface area contributed by atoms with Crippen molar-refractivity contribution < 1.29 is 24.1 Å². The molecule has 1 heterocycles. The number of benzene rings is 1. The number of nitrogens with two attached hydrogens (primary N) is 1. The van der Waals surface area contributed by atoms with Gasteiger partial charge in [-0.05, 0) is 0 Å². The number of fused-ring (bicyclic) bond motifs is 1. The number of ether oxygens (including phenoxy) is 3. The third kappa shape index (κ3) is 1.93. The first-order chi connectivity index (χ1) is 8.15. The number of aromatic carboxylic acids is 1. The lowest BCUT2D eigenvalue weighted by Gasteiger charge is -2.15. The minimum Gasteiger partial charge on any atom is -0.494 e. The van der Waals surface area contributed by atoms with Crippen LogP contribution in [0.3, 0.4) is 0 Å². The average Bonchev–Trinajstić information content (AvgIpc) is 2.51. The summed E-state index contributed by atoms with van der Waals surface area (Å²) in [6.07, 6.45) is 0.690. The molecular weight excluding hydrogens is 226 g/mol. The number of hydrogen-bond donors (Lipinski definition) is 2. The van der Waals surface area contributed by atoms with Crippen LogP contribution in [0.1, 0.15) is 16.8 Å². The van der Waals surface area contributed by atoms with E-state index in [0.29, 0.717) is 25.4 Å². The highest BCUT2D eigenvalue weighted by Crippen LogP contribution is 2.42. The minimum absolute atomic E-state index is 0.0931. The first-order valence-electron chi connectivity index (χ1n) is 5.14. The molecule has 0 saturated heterocycles. The van der Waals surface area contributed by atoms with Gasteiger partial charge in [0, 0.05) is 12.5 Å². The van der Waals surface area contributed by atoms with Crippen LogP contribution in [-0.2, 0) is 0 Å². The van der Waals surface area contributed by atoms with Crippen LogP contribution in [0.4, 0.5) is 5.69 Å². The Labute approximate surface area is 97.9 Å². The molecule has 17 heavy (non-hydrogen) atoms. The van der Waals surface area contributed by atoms with Crippen LogP contribution in [0.5, 0.6) is 17.2 Å². The van der Waals surface area contributed by atoms with Crippen molar-refractivity contribution in [2.45, 2.75) is 6.42 Å². The topological polar surface area (TPSA) is 91.0 Å². The maximum atomic E-state index is 11.2. The van der Waals surface area contributed by atoms with Crippen molar-refractivity contribution in [3.63, 3.8) is 0 Å². The second kappa shape index (κ2) is 4.40. The van der Waals surface area contributed by atoms with Crippen LogP contribution in [0.15, 0.2) is 6.07 Å². The first-order valence-corrected chi connectivity index (χ1v) is 5.14. The smallest absolute Gasteiger partial charge is 0.343 e. The molecule has 0 atom stereocenters. The van der Waals surface area contributed by atoms with Gasteiger partial charge in [0.2, 0.25) is 0 Å². The summed E-state index contributed by atoms with van der Waals surface area (Å²) < 4.78 is 15.8. The Hall–Kier alpha value is -2.11. The predicted molar refractivity (Wildman–Crippen MR) is 60.0 cm³/mol. The van der Waals surface area contributed by atoms with Gasteiger partial charge in [-0.3, -0.25) is 0 Å². The van der Waals surface area contributed by atoms with Crippen LogP contribution < -0.4 is 19.9 Å². The molecule has 92 valence electrons. The zero-order chi connectivity index (χ0) is 12.4. The van der Waals surface area contributed by atoms with Gasteiger partial charge < -0.3 is 25.1 Å². The zero-order valence-electron chi connectivity index (χ0n) is 9.36. The van der Waals surface area contributed by atoms with E-state index in [1.54, 1.807) is 0 Å². The molecule has 6 heteroatoms. The number of hydrogen-bond acceptors (Lipinski definition) is 5. The number of carboxylic acid groups (broad SMARTS) is 1. The fourth-order valence-corrected chi connectivity index (χ4v) is 1.72. The summed E-state index contributed by atoms with van der Waals surface area (Å²) in [5, 5.41) is 9.20. The van der Waals surface area contributed by atoms with Crippen LogP contribution in [-0.4, -0.2) is 31.4 Å². The monoisotopic (exact) mass is 239 g/mol. The molecule has 1 aromatic rings. The Morgan fingerprint density at radius 3 is 2.82 bits per heavy atom. The summed E-state index contributed by atoms with van der Waals surface area (Å²) >= 11 is 0. The Morgan fingerprint density at radius 2 is 2.18 bits per heavy atom. The second-order valence-corrected chi connectivity index (χ2v) is 3.56. The molecule has 0 spiro atoms. The summed E-state index contributed by atoms with van der Waals surface area (Å²) in [4.78, 5) is 11.2. The molecule has 0 saturated carbocycles. The van der Waals surface area contributed by atoms with E-state index in [1.807, 2.05) is 0 Å². The normalized spacial score (nSPS) is 13.9. The quantitative estimate of drug-likeness (QED) is 0.752. The lowest BCUT2D eigenvalue weighted by atomic mass is 10.1. The molecule has 0 aliphatic carbocycles. The van der Waals surface area contributed by atoms with E-state index < -0.39 is 5.97 Å². The molecule has 1 aliphatic heterocycles. The van der Waals surface area contributed by atoms with Crippen LogP contribution in [0.25, 0.3) is 0 Å². The van der Waals surface area contributed by atoms with Crippen LogP contribution >= 0.6 is 0 Å². The summed E-state index contributed by atoms with van der Waals surface area (Å²) in [5.41, 5.74) is 5.84. The Morgan fingerprint density at radius 1 is 1.47 bits per heavy atom. The maximum absolute atomic E-state index is 11.2.